The molecule has 3 rings (SSSR count). The van der Waals surface area contributed by atoms with Gasteiger partial charge < -0.3 is 9.47 Å². The molecule has 1 aliphatic heterocycles. The molecule has 1 aliphatic rings. The van der Waals surface area contributed by atoms with Crippen LogP contribution in [0.5, 0.6) is 11.5 Å². The molecule has 0 bridgehead atoms. The Morgan fingerprint density at radius 3 is 2.61 bits per heavy atom. The molecule has 1 heterocycles. The van der Waals surface area contributed by atoms with Crippen molar-refractivity contribution in [2.75, 3.05) is 12.2 Å². The zero-order valence-electron chi connectivity index (χ0n) is 12.1. The number of benzene rings is 2. The molecule has 0 unspecified atom stereocenters. The highest BCUT2D eigenvalue weighted by atomic mass is 19.4. The van der Waals surface area contributed by atoms with Crippen LogP contribution in [0, 0.1) is 0 Å². The topological polar surface area (TPSA) is 42.9 Å². The quantitative estimate of drug-likeness (QED) is 0.678. The number of alkyl halides is 3. The lowest BCUT2D eigenvalue weighted by atomic mass is 10.1. The number of para-hydroxylation sites is 1. The van der Waals surface area contributed by atoms with Crippen molar-refractivity contribution in [1.82, 2.24) is 0 Å². The van der Waals surface area contributed by atoms with Crippen molar-refractivity contribution in [3.63, 3.8) is 0 Å². The van der Waals surface area contributed by atoms with Crippen molar-refractivity contribution >= 4 is 11.4 Å². The normalized spacial score (nSPS) is 14.0. The van der Waals surface area contributed by atoms with Crippen molar-refractivity contribution in [3.8, 4) is 11.5 Å². The van der Waals surface area contributed by atoms with E-state index < -0.39 is 11.7 Å². The first-order valence-electron chi connectivity index (χ1n) is 6.82. The summed E-state index contributed by atoms with van der Waals surface area (Å²) in [6.45, 7) is 1.85. The van der Waals surface area contributed by atoms with Gasteiger partial charge in [0.1, 0.15) is 0 Å². The smallest absolute Gasteiger partial charge is 0.418 e. The number of ether oxygens (including phenoxy) is 2. The van der Waals surface area contributed by atoms with Gasteiger partial charge in [-0.25, -0.2) is 0 Å². The van der Waals surface area contributed by atoms with Crippen LogP contribution >= 0.6 is 0 Å². The molecule has 0 atom stereocenters. The maximum atomic E-state index is 12.9. The molecule has 0 fully saturated rings. The molecule has 120 valence electrons. The second kappa shape index (κ2) is 5.83. The van der Waals surface area contributed by atoms with Crippen LogP contribution < -0.4 is 14.9 Å². The third-order valence-corrected chi connectivity index (χ3v) is 3.37. The predicted octanol–water partition coefficient (Wildman–Crippen LogP) is 4.27. The summed E-state index contributed by atoms with van der Waals surface area (Å²) in [6.07, 6.45) is -4.44. The van der Waals surface area contributed by atoms with Crippen LogP contribution in [0.25, 0.3) is 0 Å². The maximum absolute atomic E-state index is 12.9. The number of anilines is 1. The van der Waals surface area contributed by atoms with Crippen LogP contribution in [0.1, 0.15) is 18.1 Å². The van der Waals surface area contributed by atoms with E-state index in [1.165, 1.54) is 18.2 Å². The molecule has 0 radical (unpaired) electrons. The summed E-state index contributed by atoms with van der Waals surface area (Å²) in [4.78, 5) is 0. The van der Waals surface area contributed by atoms with E-state index in [1.54, 1.807) is 25.1 Å². The molecular weight excluding hydrogens is 309 g/mol. The SMILES string of the molecule is C/C(=N/Nc1ccccc1C(F)(F)F)c1ccc2c(c1)OCO2. The summed E-state index contributed by atoms with van der Waals surface area (Å²) >= 11 is 0. The monoisotopic (exact) mass is 322 g/mol. The van der Waals surface area contributed by atoms with E-state index in [-0.39, 0.29) is 12.5 Å². The minimum atomic E-state index is -4.44. The van der Waals surface area contributed by atoms with Gasteiger partial charge in [-0.05, 0) is 37.3 Å². The molecule has 7 heteroatoms. The Morgan fingerprint density at radius 2 is 1.83 bits per heavy atom. The first kappa shape index (κ1) is 15.2. The highest BCUT2D eigenvalue weighted by Crippen LogP contribution is 2.35. The van der Waals surface area contributed by atoms with Crippen LogP contribution in [0.15, 0.2) is 47.6 Å². The van der Waals surface area contributed by atoms with Gasteiger partial charge in [0.05, 0.1) is 17.0 Å². The molecule has 0 amide bonds. The third kappa shape index (κ3) is 3.23. The van der Waals surface area contributed by atoms with Crippen molar-refractivity contribution in [3.05, 3.63) is 53.6 Å². The van der Waals surface area contributed by atoms with E-state index in [1.807, 2.05) is 0 Å². The van der Waals surface area contributed by atoms with Crippen molar-refractivity contribution in [2.24, 2.45) is 5.10 Å². The largest absolute Gasteiger partial charge is 0.454 e. The molecule has 2 aromatic rings. The first-order chi connectivity index (χ1) is 10.9. The molecular formula is C16H13F3N2O2. The summed E-state index contributed by atoms with van der Waals surface area (Å²) in [5.41, 5.74) is 2.88. The van der Waals surface area contributed by atoms with E-state index in [9.17, 15) is 13.2 Å². The van der Waals surface area contributed by atoms with Gasteiger partial charge in [-0.3, -0.25) is 5.43 Å². The first-order valence-corrected chi connectivity index (χ1v) is 6.82. The van der Waals surface area contributed by atoms with Gasteiger partial charge in [0.2, 0.25) is 6.79 Å². The lowest BCUT2D eigenvalue weighted by Crippen LogP contribution is -2.09. The van der Waals surface area contributed by atoms with Crippen molar-refractivity contribution < 1.29 is 22.6 Å². The van der Waals surface area contributed by atoms with Crippen molar-refractivity contribution in [1.29, 1.82) is 0 Å². The second-order valence-corrected chi connectivity index (χ2v) is 4.92. The third-order valence-electron chi connectivity index (χ3n) is 3.37. The van der Waals surface area contributed by atoms with Crippen LogP contribution in [-0.4, -0.2) is 12.5 Å². The van der Waals surface area contributed by atoms with Crippen LogP contribution in [0.2, 0.25) is 0 Å². The van der Waals surface area contributed by atoms with E-state index in [0.29, 0.717) is 17.2 Å². The summed E-state index contributed by atoms with van der Waals surface area (Å²) < 4.78 is 49.3. The molecule has 1 N–H and O–H groups in total. The van der Waals surface area contributed by atoms with Gasteiger partial charge in [-0.15, -0.1) is 0 Å². The zero-order chi connectivity index (χ0) is 16.4. The zero-order valence-corrected chi connectivity index (χ0v) is 12.1. The van der Waals surface area contributed by atoms with Gasteiger partial charge in [0.25, 0.3) is 0 Å². The fourth-order valence-electron chi connectivity index (χ4n) is 2.16. The Bertz CT molecular complexity index is 757. The average molecular weight is 322 g/mol. The van der Waals surface area contributed by atoms with E-state index in [2.05, 4.69) is 10.5 Å². The van der Waals surface area contributed by atoms with E-state index >= 15 is 0 Å². The molecule has 0 spiro atoms. The van der Waals surface area contributed by atoms with Crippen LogP contribution in [0.3, 0.4) is 0 Å². The summed E-state index contributed by atoms with van der Waals surface area (Å²) in [5, 5.41) is 4.03. The minimum Gasteiger partial charge on any atom is -0.454 e. The number of halogens is 3. The van der Waals surface area contributed by atoms with Gasteiger partial charge in [-0.1, -0.05) is 12.1 Å². The lowest BCUT2D eigenvalue weighted by molar-refractivity contribution is -0.136. The number of hydrogen-bond acceptors (Lipinski definition) is 4. The number of nitrogens with one attached hydrogen (secondary N) is 1. The highest BCUT2D eigenvalue weighted by Gasteiger charge is 2.33. The number of fused-ring (bicyclic) bond motifs is 1. The fourth-order valence-corrected chi connectivity index (χ4v) is 2.16. The van der Waals surface area contributed by atoms with E-state index in [0.717, 1.165) is 11.6 Å². The number of rotatable bonds is 3. The second-order valence-electron chi connectivity index (χ2n) is 4.92. The van der Waals surface area contributed by atoms with Gasteiger partial charge >= 0.3 is 6.18 Å². The lowest BCUT2D eigenvalue weighted by Gasteiger charge is -2.12. The molecule has 4 nitrogen and oxygen atoms in total. The Kier molecular flexibility index (Phi) is 3.85. The van der Waals surface area contributed by atoms with Crippen LogP contribution in [0.4, 0.5) is 18.9 Å². The van der Waals surface area contributed by atoms with Gasteiger partial charge in [0.15, 0.2) is 11.5 Å². The summed E-state index contributed by atoms with van der Waals surface area (Å²) in [7, 11) is 0. The predicted molar refractivity (Wildman–Crippen MR) is 79.8 cm³/mol. The van der Waals surface area contributed by atoms with Crippen molar-refractivity contribution in [2.45, 2.75) is 13.1 Å². The highest BCUT2D eigenvalue weighted by molar-refractivity contribution is 5.99. The molecule has 2 aromatic carbocycles. The number of hydrazone groups is 1. The molecule has 0 saturated heterocycles. The Balaban J connectivity index is 1.83. The number of hydrogen-bond donors (Lipinski definition) is 1. The molecule has 0 saturated carbocycles. The Hall–Kier alpha value is -2.70. The van der Waals surface area contributed by atoms with Gasteiger partial charge in [0, 0.05) is 5.56 Å². The summed E-state index contributed by atoms with van der Waals surface area (Å²) in [5.74, 6) is 1.23. The summed E-state index contributed by atoms with van der Waals surface area (Å²) in [6, 6.07) is 10.4. The van der Waals surface area contributed by atoms with Gasteiger partial charge in [-0.2, -0.15) is 18.3 Å². The average Bonchev–Trinajstić information content (AvgIpc) is 2.99. The Labute approximate surface area is 130 Å². The molecule has 23 heavy (non-hydrogen) atoms. The standard InChI is InChI=1S/C16H13F3N2O2/c1-10(11-6-7-14-15(8-11)23-9-22-14)20-21-13-5-3-2-4-12(13)16(17,18)19/h2-8,21H,9H2,1H3/b20-10-. The number of nitrogens with zero attached hydrogens (tertiary/aromatic N) is 1. The minimum absolute atomic E-state index is 0.0971. The van der Waals surface area contributed by atoms with E-state index in [4.69, 9.17) is 9.47 Å². The maximum Gasteiger partial charge on any atom is 0.418 e. The Morgan fingerprint density at radius 1 is 1.09 bits per heavy atom. The molecule has 0 aliphatic carbocycles. The fraction of sp³-hybridized carbons (Fsp3) is 0.188. The molecule has 0 aromatic heterocycles. The van der Waals surface area contributed by atoms with Crippen LogP contribution in [-0.2, 0) is 6.18 Å².